The zero-order valence-electron chi connectivity index (χ0n) is 22.5. The van der Waals surface area contributed by atoms with Crippen molar-refractivity contribution in [2.24, 2.45) is 0 Å². The van der Waals surface area contributed by atoms with Crippen LogP contribution in [0, 0.1) is 0 Å². The van der Waals surface area contributed by atoms with Crippen molar-refractivity contribution in [1.29, 1.82) is 0 Å². The predicted molar refractivity (Wildman–Crippen MR) is 141 cm³/mol. The van der Waals surface area contributed by atoms with E-state index in [1.165, 1.54) is 12.0 Å². The molecule has 0 radical (unpaired) electrons. The van der Waals surface area contributed by atoms with Gasteiger partial charge in [0.25, 0.3) is 17.7 Å². The quantitative estimate of drug-likeness (QED) is 0.524. The van der Waals surface area contributed by atoms with Crippen molar-refractivity contribution in [3.8, 4) is 0 Å². The van der Waals surface area contributed by atoms with Crippen molar-refractivity contribution >= 4 is 29.4 Å². The van der Waals surface area contributed by atoms with E-state index in [1.54, 1.807) is 18.2 Å². The Bertz CT molecular complexity index is 1080. The van der Waals surface area contributed by atoms with Crippen LogP contribution in [0.1, 0.15) is 73.1 Å². The third kappa shape index (κ3) is 5.70. The number of aliphatic hydroxyl groups is 1. The van der Waals surface area contributed by atoms with Gasteiger partial charge in [-0.3, -0.25) is 14.4 Å². The Balaban J connectivity index is 1.73. The largest absolute Gasteiger partial charge is 0.466 e. The third-order valence-corrected chi connectivity index (χ3v) is 7.78. The molecule has 0 bridgehead atoms. The molecule has 2 fully saturated rings. The minimum absolute atomic E-state index is 0.00457. The molecule has 2 N–H and O–H groups in total. The number of amides is 3. The van der Waals surface area contributed by atoms with Gasteiger partial charge in [0.05, 0.1) is 25.8 Å². The average Bonchev–Trinajstić information content (AvgIpc) is 3.22. The van der Waals surface area contributed by atoms with E-state index in [4.69, 9.17) is 4.74 Å². The number of β-amino-alcohol motifs (C(OH)–C–C–N with tert-alkyl or cyclic N) is 1. The molecule has 0 aliphatic carbocycles. The van der Waals surface area contributed by atoms with Gasteiger partial charge in [0, 0.05) is 48.5 Å². The highest BCUT2D eigenvalue weighted by Gasteiger charge is 2.35. The van der Waals surface area contributed by atoms with E-state index in [0.29, 0.717) is 29.9 Å². The number of anilines is 1. The summed E-state index contributed by atoms with van der Waals surface area (Å²) < 4.78 is 4.88. The van der Waals surface area contributed by atoms with Gasteiger partial charge < -0.3 is 29.9 Å². The second-order valence-corrected chi connectivity index (χ2v) is 10.4. The highest BCUT2D eigenvalue weighted by Crippen LogP contribution is 2.28. The molecule has 206 valence electrons. The molecular formula is C28H38N4O6. The van der Waals surface area contributed by atoms with Gasteiger partial charge in [-0.15, -0.1) is 0 Å². The van der Waals surface area contributed by atoms with Crippen molar-refractivity contribution in [3.05, 3.63) is 40.6 Å². The van der Waals surface area contributed by atoms with Crippen LogP contribution < -0.4 is 5.32 Å². The number of hydrogen-bond acceptors (Lipinski definition) is 7. The molecule has 1 aromatic rings. The van der Waals surface area contributed by atoms with Crippen LogP contribution in [0.25, 0.3) is 0 Å². The fraction of sp³-hybridized carbons (Fsp3) is 0.571. The summed E-state index contributed by atoms with van der Waals surface area (Å²) in [7, 11) is 1.24. The lowest BCUT2D eigenvalue weighted by Gasteiger charge is -2.34. The Morgan fingerprint density at radius 3 is 1.97 bits per heavy atom. The highest BCUT2D eigenvalue weighted by atomic mass is 16.5. The smallest absolute Gasteiger partial charge is 0.337 e. The molecule has 4 rings (SSSR count). The normalized spacial score (nSPS) is 22.1. The molecule has 3 aliphatic heterocycles. The lowest BCUT2D eigenvalue weighted by atomic mass is 9.99. The molecule has 3 aliphatic rings. The summed E-state index contributed by atoms with van der Waals surface area (Å²) in [5, 5.41) is 12.4. The Labute approximate surface area is 223 Å². The first-order valence-corrected chi connectivity index (χ1v) is 13.5. The van der Waals surface area contributed by atoms with Crippen LogP contribution in [-0.2, 0) is 14.3 Å². The fourth-order valence-corrected chi connectivity index (χ4v) is 5.57. The fourth-order valence-electron chi connectivity index (χ4n) is 5.57. The number of hydrogen-bond donors (Lipinski definition) is 2. The molecule has 2 saturated heterocycles. The maximum Gasteiger partial charge on any atom is 0.337 e. The lowest BCUT2D eigenvalue weighted by molar-refractivity contribution is -0.136. The lowest BCUT2D eigenvalue weighted by Crippen LogP contribution is -2.43. The molecule has 38 heavy (non-hydrogen) atoms. The summed E-state index contributed by atoms with van der Waals surface area (Å²) >= 11 is 0. The molecule has 0 aromatic heterocycles. The Morgan fingerprint density at radius 1 is 0.947 bits per heavy atom. The summed E-state index contributed by atoms with van der Waals surface area (Å²) in [5.41, 5.74) is 1.23. The first-order chi connectivity index (χ1) is 18.2. The van der Waals surface area contributed by atoms with Gasteiger partial charge in [-0.1, -0.05) is 0 Å². The van der Waals surface area contributed by atoms with Gasteiger partial charge in [0.15, 0.2) is 0 Å². The maximum atomic E-state index is 13.6. The number of carbonyl (C=O) groups is 4. The molecule has 2 unspecified atom stereocenters. The number of ether oxygens (including phenoxy) is 1. The number of likely N-dealkylation sites (tertiary alicyclic amines) is 2. The van der Waals surface area contributed by atoms with Crippen molar-refractivity contribution < 1.29 is 29.0 Å². The SMILES string of the molecule is COC(=O)C1=C(Nc2cc(C(=O)N3CCCCC3C)cc(C(=O)N3CCCCC3C)c2)C(=O)N(CCO)C1. The molecular weight excluding hydrogens is 488 g/mol. The van der Waals surface area contributed by atoms with Crippen LogP contribution in [0.5, 0.6) is 0 Å². The van der Waals surface area contributed by atoms with Crippen LogP contribution in [0.3, 0.4) is 0 Å². The summed E-state index contributed by atoms with van der Waals surface area (Å²) in [6.07, 6.45) is 5.84. The summed E-state index contributed by atoms with van der Waals surface area (Å²) in [5.74, 6) is -1.45. The standard InChI is InChI=1S/C28H38N4O6/c1-18-8-4-6-10-31(18)25(34)20-14-21(26(35)32-11-7-5-9-19(32)2)16-22(15-20)29-24-23(28(37)38-3)17-30(12-13-33)27(24)36/h14-16,18-19,29,33H,4-13,17H2,1-3H3. The van der Waals surface area contributed by atoms with E-state index in [0.717, 1.165) is 38.5 Å². The number of nitrogens with one attached hydrogen (secondary N) is 1. The van der Waals surface area contributed by atoms with E-state index in [2.05, 4.69) is 5.32 Å². The van der Waals surface area contributed by atoms with Crippen LogP contribution in [-0.4, -0.2) is 95.5 Å². The van der Waals surface area contributed by atoms with Crippen molar-refractivity contribution in [2.75, 3.05) is 45.2 Å². The van der Waals surface area contributed by atoms with Crippen LogP contribution in [0.15, 0.2) is 29.5 Å². The molecule has 2 atom stereocenters. The number of carbonyl (C=O) groups excluding carboxylic acids is 4. The number of piperidine rings is 2. The van der Waals surface area contributed by atoms with Crippen LogP contribution in [0.2, 0.25) is 0 Å². The van der Waals surface area contributed by atoms with E-state index >= 15 is 0 Å². The van der Waals surface area contributed by atoms with Crippen LogP contribution >= 0.6 is 0 Å². The van der Waals surface area contributed by atoms with Crippen molar-refractivity contribution in [2.45, 2.75) is 64.5 Å². The molecule has 3 heterocycles. The van der Waals surface area contributed by atoms with Gasteiger partial charge in [0.2, 0.25) is 0 Å². The van der Waals surface area contributed by atoms with Gasteiger partial charge in [-0.05, 0) is 70.6 Å². The van der Waals surface area contributed by atoms with E-state index in [1.807, 2.05) is 23.6 Å². The first kappa shape index (κ1) is 27.6. The molecule has 10 heteroatoms. The molecule has 0 spiro atoms. The Hall–Kier alpha value is -3.40. The number of nitrogens with zero attached hydrogens (tertiary/aromatic N) is 3. The van der Waals surface area contributed by atoms with Gasteiger partial charge in [0.1, 0.15) is 5.70 Å². The molecule has 1 aromatic carbocycles. The van der Waals surface area contributed by atoms with Gasteiger partial charge in [-0.25, -0.2) is 4.79 Å². The molecule has 10 nitrogen and oxygen atoms in total. The summed E-state index contributed by atoms with van der Waals surface area (Å²) in [4.78, 5) is 57.8. The van der Waals surface area contributed by atoms with Gasteiger partial charge >= 0.3 is 5.97 Å². The first-order valence-electron chi connectivity index (χ1n) is 13.5. The predicted octanol–water partition coefficient (Wildman–Crippen LogP) is 2.39. The minimum Gasteiger partial charge on any atom is -0.466 e. The highest BCUT2D eigenvalue weighted by molar-refractivity contribution is 6.09. The number of esters is 1. The van der Waals surface area contributed by atoms with E-state index in [-0.39, 0.29) is 54.9 Å². The monoisotopic (exact) mass is 526 g/mol. The second-order valence-electron chi connectivity index (χ2n) is 10.4. The zero-order valence-corrected chi connectivity index (χ0v) is 22.5. The number of rotatable bonds is 7. The maximum absolute atomic E-state index is 13.6. The molecule has 0 saturated carbocycles. The summed E-state index contributed by atoms with van der Waals surface area (Å²) in [6.45, 7) is 5.16. The van der Waals surface area contributed by atoms with E-state index in [9.17, 15) is 24.3 Å². The third-order valence-electron chi connectivity index (χ3n) is 7.78. The van der Waals surface area contributed by atoms with Crippen LogP contribution in [0.4, 0.5) is 5.69 Å². The van der Waals surface area contributed by atoms with Gasteiger partial charge in [-0.2, -0.15) is 0 Å². The average molecular weight is 527 g/mol. The van der Waals surface area contributed by atoms with E-state index < -0.39 is 11.9 Å². The minimum atomic E-state index is -0.658. The van der Waals surface area contributed by atoms with Crippen molar-refractivity contribution in [3.63, 3.8) is 0 Å². The summed E-state index contributed by atoms with van der Waals surface area (Å²) in [6, 6.07) is 5.08. The topological polar surface area (TPSA) is 119 Å². The van der Waals surface area contributed by atoms with Crippen molar-refractivity contribution in [1.82, 2.24) is 14.7 Å². The Morgan fingerprint density at radius 2 is 1.50 bits per heavy atom. The number of benzene rings is 1. The second kappa shape index (κ2) is 12.0. The zero-order chi connectivity index (χ0) is 27.4. The number of methoxy groups -OCH3 is 1. The Kier molecular flexibility index (Phi) is 8.71. The molecule has 3 amide bonds. The number of aliphatic hydroxyl groups excluding tert-OH is 1.